The molecule has 0 aromatic heterocycles. The average Bonchev–Trinajstić information content (AvgIpc) is 1.98. The number of hydrogen-bond acceptors (Lipinski definition) is 0. The van der Waals surface area contributed by atoms with Crippen LogP contribution in [0.1, 0.15) is 19.8 Å². The zero-order valence-electron chi connectivity index (χ0n) is 5.00. The van der Waals surface area contributed by atoms with Crippen LogP contribution in [0.5, 0.6) is 0 Å². The Morgan fingerprint density at radius 2 is 2.12 bits per heavy atom. The van der Waals surface area contributed by atoms with Gasteiger partial charge in [0.2, 0.25) is 0 Å². The molecule has 0 saturated carbocycles. The van der Waals surface area contributed by atoms with Crippen LogP contribution in [-0.2, 0) is 0 Å². The van der Waals surface area contributed by atoms with E-state index in [1.165, 1.54) is 0 Å². The Morgan fingerprint density at radius 3 is 2.25 bits per heavy atom. The molecule has 1 heteroatoms. The average molecular weight is 112 g/mol. The van der Waals surface area contributed by atoms with Gasteiger partial charge in [-0.25, -0.2) is 4.39 Å². The second-order valence-electron chi connectivity index (χ2n) is 2.20. The lowest BCUT2D eigenvalue weighted by atomic mass is 10.2. The van der Waals surface area contributed by atoms with Crippen LogP contribution in [0.15, 0.2) is 23.6 Å². The molecule has 0 aromatic rings. The molecule has 0 aliphatic heterocycles. The topological polar surface area (TPSA) is 0 Å². The first-order valence-electron chi connectivity index (χ1n) is 2.75. The summed E-state index contributed by atoms with van der Waals surface area (Å²) in [5.74, 6) is -0.0648. The van der Waals surface area contributed by atoms with E-state index in [1.807, 2.05) is 6.92 Å². The van der Waals surface area contributed by atoms with Gasteiger partial charge in [0.1, 0.15) is 5.83 Å². The number of hydrogen-bond donors (Lipinski definition) is 0. The van der Waals surface area contributed by atoms with Gasteiger partial charge >= 0.3 is 0 Å². The summed E-state index contributed by atoms with van der Waals surface area (Å²) < 4.78 is 12.5. The first kappa shape index (κ1) is 5.54. The third-order valence-electron chi connectivity index (χ3n) is 1.49. The smallest absolute Gasteiger partial charge is 0.124 e. The first-order valence-corrected chi connectivity index (χ1v) is 2.75. The normalized spacial score (nSPS) is 20.5. The first-order chi connectivity index (χ1) is 3.72. The summed E-state index contributed by atoms with van der Waals surface area (Å²) in [6, 6.07) is 0. The van der Waals surface area contributed by atoms with Crippen molar-refractivity contribution in [2.24, 2.45) is 0 Å². The highest BCUT2D eigenvalue weighted by Crippen LogP contribution is 2.29. The van der Waals surface area contributed by atoms with Crippen molar-refractivity contribution >= 4 is 0 Å². The molecule has 0 amide bonds. The third kappa shape index (κ3) is 0.683. The molecule has 8 heavy (non-hydrogen) atoms. The zero-order chi connectivity index (χ0) is 6.15. The van der Waals surface area contributed by atoms with Crippen LogP contribution in [0.25, 0.3) is 0 Å². The zero-order valence-corrected chi connectivity index (χ0v) is 5.00. The van der Waals surface area contributed by atoms with Crippen LogP contribution >= 0.6 is 0 Å². The molecule has 1 aliphatic rings. The summed E-state index contributed by atoms with van der Waals surface area (Å²) in [4.78, 5) is 0. The van der Waals surface area contributed by atoms with Crippen LogP contribution in [0.4, 0.5) is 4.39 Å². The molecule has 0 fully saturated rings. The SMILES string of the molecule is C=C1CCC(C)=C1F. The van der Waals surface area contributed by atoms with Crippen LogP contribution < -0.4 is 0 Å². The van der Waals surface area contributed by atoms with Crippen molar-refractivity contribution in [3.63, 3.8) is 0 Å². The maximum absolute atomic E-state index is 12.5. The van der Waals surface area contributed by atoms with Crippen molar-refractivity contribution < 1.29 is 4.39 Å². The predicted molar refractivity (Wildman–Crippen MR) is 32.2 cm³/mol. The van der Waals surface area contributed by atoms with Crippen LogP contribution in [0.2, 0.25) is 0 Å². The second kappa shape index (κ2) is 1.73. The lowest BCUT2D eigenvalue weighted by molar-refractivity contribution is 0.650. The summed E-state index contributed by atoms with van der Waals surface area (Å²) in [5.41, 5.74) is 1.53. The molecular formula is C7H9F. The van der Waals surface area contributed by atoms with Gasteiger partial charge in [-0.2, -0.15) is 0 Å². The minimum atomic E-state index is -0.0648. The van der Waals surface area contributed by atoms with E-state index >= 15 is 0 Å². The molecule has 1 aliphatic carbocycles. The Morgan fingerprint density at radius 1 is 1.50 bits per heavy atom. The summed E-state index contributed by atoms with van der Waals surface area (Å²) in [5, 5.41) is 0. The Balaban J connectivity index is 2.86. The standard InChI is InChI=1S/C7H9F/c1-5-3-4-6(2)7(5)8/h1,3-4H2,2H3. The summed E-state index contributed by atoms with van der Waals surface area (Å²) in [6.45, 7) is 5.37. The molecule has 0 atom stereocenters. The Labute approximate surface area is 48.7 Å². The van der Waals surface area contributed by atoms with E-state index < -0.39 is 0 Å². The van der Waals surface area contributed by atoms with Crippen molar-refractivity contribution in [2.45, 2.75) is 19.8 Å². The monoisotopic (exact) mass is 112 g/mol. The van der Waals surface area contributed by atoms with E-state index in [4.69, 9.17) is 0 Å². The van der Waals surface area contributed by atoms with E-state index in [0.29, 0.717) is 5.57 Å². The molecule has 0 aromatic carbocycles. The number of halogens is 1. The molecule has 0 heterocycles. The molecule has 0 bridgehead atoms. The van der Waals surface area contributed by atoms with Gasteiger partial charge in [0.25, 0.3) is 0 Å². The molecule has 0 radical (unpaired) electrons. The van der Waals surface area contributed by atoms with Gasteiger partial charge in [-0.1, -0.05) is 6.58 Å². The molecular weight excluding hydrogens is 103 g/mol. The summed E-state index contributed by atoms with van der Waals surface area (Å²) >= 11 is 0. The van der Waals surface area contributed by atoms with Gasteiger partial charge in [-0.15, -0.1) is 0 Å². The Hall–Kier alpha value is -0.590. The highest BCUT2D eigenvalue weighted by atomic mass is 19.1. The molecule has 0 unspecified atom stereocenters. The third-order valence-corrected chi connectivity index (χ3v) is 1.49. The van der Waals surface area contributed by atoms with E-state index in [2.05, 4.69) is 6.58 Å². The van der Waals surface area contributed by atoms with Gasteiger partial charge < -0.3 is 0 Å². The highest BCUT2D eigenvalue weighted by Gasteiger charge is 2.12. The lowest BCUT2D eigenvalue weighted by Gasteiger charge is -1.86. The van der Waals surface area contributed by atoms with Gasteiger partial charge in [-0.3, -0.25) is 0 Å². The number of allylic oxidation sites excluding steroid dienone is 3. The summed E-state index contributed by atoms with van der Waals surface area (Å²) in [7, 11) is 0. The minimum Gasteiger partial charge on any atom is -0.207 e. The Bertz CT molecular complexity index is 154. The van der Waals surface area contributed by atoms with Crippen LogP contribution in [-0.4, -0.2) is 0 Å². The quantitative estimate of drug-likeness (QED) is 0.451. The fourth-order valence-corrected chi connectivity index (χ4v) is 0.860. The van der Waals surface area contributed by atoms with Crippen molar-refractivity contribution in [2.75, 3.05) is 0 Å². The van der Waals surface area contributed by atoms with Gasteiger partial charge in [0.15, 0.2) is 0 Å². The van der Waals surface area contributed by atoms with E-state index in [-0.39, 0.29) is 5.83 Å². The number of rotatable bonds is 0. The van der Waals surface area contributed by atoms with E-state index in [9.17, 15) is 4.39 Å². The lowest BCUT2D eigenvalue weighted by Crippen LogP contribution is -1.68. The molecule has 0 nitrogen and oxygen atoms in total. The van der Waals surface area contributed by atoms with Crippen molar-refractivity contribution in [1.82, 2.24) is 0 Å². The second-order valence-corrected chi connectivity index (χ2v) is 2.20. The van der Waals surface area contributed by atoms with Crippen molar-refractivity contribution in [1.29, 1.82) is 0 Å². The van der Waals surface area contributed by atoms with Crippen molar-refractivity contribution in [3.05, 3.63) is 23.6 Å². The van der Waals surface area contributed by atoms with Gasteiger partial charge in [0, 0.05) is 0 Å². The fraction of sp³-hybridized carbons (Fsp3) is 0.429. The fourth-order valence-electron chi connectivity index (χ4n) is 0.860. The predicted octanol–water partition coefficient (Wildman–Crippen LogP) is 2.58. The van der Waals surface area contributed by atoms with Crippen LogP contribution in [0.3, 0.4) is 0 Å². The van der Waals surface area contributed by atoms with Gasteiger partial charge in [0.05, 0.1) is 0 Å². The molecule has 44 valence electrons. The molecule has 0 saturated heterocycles. The van der Waals surface area contributed by atoms with Crippen LogP contribution in [0, 0.1) is 0 Å². The minimum absolute atomic E-state index is 0.0648. The largest absolute Gasteiger partial charge is 0.207 e. The van der Waals surface area contributed by atoms with Gasteiger partial charge in [-0.05, 0) is 30.9 Å². The maximum Gasteiger partial charge on any atom is 0.124 e. The highest BCUT2D eigenvalue weighted by molar-refractivity contribution is 5.32. The summed E-state index contributed by atoms with van der Waals surface area (Å²) in [6.07, 6.45) is 1.68. The molecule has 0 spiro atoms. The van der Waals surface area contributed by atoms with E-state index in [1.54, 1.807) is 0 Å². The Kier molecular flexibility index (Phi) is 1.20. The van der Waals surface area contributed by atoms with Crippen molar-refractivity contribution in [3.8, 4) is 0 Å². The molecule has 1 rings (SSSR count). The maximum atomic E-state index is 12.5. The molecule has 0 N–H and O–H groups in total. The van der Waals surface area contributed by atoms with E-state index in [0.717, 1.165) is 18.4 Å².